The molecule has 1 aliphatic heterocycles. The minimum absolute atomic E-state index is 0.0888. The van der Waals surface area contributed by atoms with Gasteiger partial charge in [-0.3, -0.25) is 4.79 Å². The Morgan fingerprint density at radius 1 is 1.37 bits per heavy atom. The van der Waals surface area contributed by atoms with Gasteiger partial charge in [0.2, 0.25) is 5.91 Å². The molecule has 0 saturated carbocycles. The summed E-state index contributed by atoms with van der Waals surface area (Å²) in [4.78, 5) is 13.8. The van der Waals surface area contributed by atoms with E-state index in [1.165, 1.54) is 23.1 Å². The quantitative estimate of drug-likeness (QED) is 0.788. The molecule has 6 nitrogen and oxygen atoms in total. The van der Waals surface area contributed by atoms with E-state index in [9.17, 15) is 10.1 Å². The number of nitrogens with one attached hydrogen (secondary N) is 1. The first kappa shape index (κ1) is 18.5. The number of thioether (sulfide) groups is 1. The summed E-state index contributed by atoms with van der Waals surface area (Å²) in [6, 6.07) is 2.30. The van der Waals surface area contributed by atoms with Gasteiger partial charge in [-0.25, -0.2) is 0 Å². The molecule has 1 aliphatic carbocycles. The van der Waals surface area contributed by atoms with Gasteiger partial charge in [-0.05, 0) is 43.6 Å². The van der Waals surface area contributed by atoms with E-state index in [2.05, 4.69) is 33.1 Å². The number of hydrogen-bond acceptors (Lipinski definition) is 6. The smallest absolute Gasteiger partial charge is 0.235 e. The zero-order valence-electron chi connectivity index (χ0n) is 15.5. The van der Waals surface area contributed by atoms with E-state index in [1.54, 1.807) is 11.3 Å². The van der Waals surface area contributed by atoms with Crippen molar-refractivity contribution in [1.29, 1.82) is 5.26 Å². The highest BCUT2D eigenvalue weighted by Crippen LogP contribution is 2.39. The Morgan fingerprint density at radius 2 is 2.26 bits per heavy atom. The fraction of sp³-hybridized carbons (Fsp3) is 0.579. The van der Waals surface area contributed by atoms with Gasteiger partial charge in [0.05, 0.1) is 11.3 Å². The summed E-state index contributed by atoms with van der Waals surface area (Å²) in [6.07, 6.45) is 7.52. The number of anilines is 1. The van der Waals surface area contributed by atoms with Crippen LogP contribution in [0.15, 0.2) is 5.16 Å². The Hall–Kier alpha value is -1.85. The first-order chi connectivity index (χ1) is 13.2. The molecule has 1 amide bonds. The van der Waals surface area contributed by atoms with Crippen LogP contribution in [0.3, 0.4) is 0 Å². The van der Waals surface area contributed by atoms with E-state index in [0.29, 0.717) is 16.5 Å². The van der Waals surface area contributed by atoms with E-state index < -0.39 is 0 Å². The van der Waals surface area contributed by atoms with Gasteiger partial charge >= 0.3 is 0 Å². The van der Waals surface area contributed by atoms with Crippen molar-refractivity contribution in [2.24, 2.45) is 5.92 Å². The summed E-state index contributed by atoms with van der Waals surface area (Å²) in [5.41, 5.74) is 1.81. The number of carbonyl (C=O) groups excluding carboxylic acids is 1. The number of thiophene rings is 1. The molecule has 4 rings (SSSR count). The van der Waals surface area contributed by atoms with Crippen LogP contribution in [0.2, 0.25) is 0 Å². The first-order valence-corrected chi connectivity index (χ1v) is 11.3. The second-order valence-corrected chi connectivity index (χ2v) is 9.41. The maximum Gasteiger partial charge on any atom is 0.235 e. The minimum Gasteiger partial charge on any atom is -0.316 e. The predicted molar refractivity (Wildman–Crippen MR) is 107 cm³/mol. The average Bonchev–Trinajstić information content (AvgIpc) is 3.10. The van der Waals surface area contributed by atoms with E-state index in [1.807, 2.05) is 0 Å². The Kier molecular flexibility index (Phi) is 5.50. The SMILES string of the molecule is C[C@H]1CCc2c(sc(NC(=O)CSc3nnc4n3CCCCC4)c2C#N)C1. The number of nitriles is 1. The van der Waals surface area contributed by atoms with Crippen molar-refractivity contribution >= 4 is 34.0 Å². The molecule has 3 heterocycles. The third-order valence-corrected chi connectivity index (χ3v) is 7.42. The number of hydrogen-bond donors (Lipinski definition) is 1. The van der Waals surface area contributed by atoms with Crippen LogP contribution >= 0.6 is 23.1 Å². The van der Waals surface area contributed by atoms with Crippen molar-refractivity contribution in [1.82, 2.24) is 14.8 Å². The Morgan fingerprint density at radius 3 is 3.11 bits per heavy atom. The monoisotopic (exact) mass is 401 g/mol. The third kappa shape index (κ3) is 3.90. The number of carbonyl (C=O) groups is 1. The summed E-state index contributed by atoms with van der Waals surface area (Å²) in [7, 11) is 0. The van der Waals surface area contributed by atoms with Crippen molar-refractivity contribution in [2.75, 3.05) is 11.1 Å². The van der Waals surface area contributed by atoms with Crippen molar-refractivity contribution in [3.05, 3.63) is 21.8 Å². The maximum absolute atomic E-state index is 12.5. The lowest BCUT2D eigenvalue weighted by Crippen LogP contribution is -2.15. The van der Waals surface area contributed by atoms with Crippen LogP contribution in [-0.2, 0) is 30.6 Å². The molecule has 27 heavy (non-hydrogen) atoms. The van der Waals surface area contributed by atoms with Gasteiger partial charge in [0.15, 0.2) is 5.16 Å². The minimum atomic E-state index is -0.0888. The van der Waals surface area contributed by atoms with E-state index in [0.717, 1.165) is 61.6 Å². The fourth-order valence-electron chi connectivity index (χ4n) is 3.82. The van der Waals surface area contributed by atoms with Crippen molar-refractivity contribution in [3.63, 3.8) is 0 Å². The Bertz CT molecular complexity index is 895. The highest BCUT2D eigenvalue weighted by Gasteiger charge is 2.25. The standard InChI is InChI=1S/C19H23N5OS2/c1-12-6-7-13-14(10-20)18(27-15(13)9-12)21-17(25)11-26-19-23-22-16-5-3-2-4-8-24(16)19/h12H,2-9,11H2,1H3,(H,21,25)/t12-/m0/s1. The molecule has 1 atom stereocenters. The van der Waals surface area contributed by atoms with Crippen LogP contribution in [0.25, 0.3) is 0 Å². The molecule has 0 aromatic carbocycles. The topological polar surface area (TPSA) is 83.6 Å². The van der Waals surface area contributed by atoms with Crippen molar-refractivity contribution in [2.45, 2.75) is 63.6 Å². The number of nitrogens with zero attached hydrogens (tertiary/aromatic N) is 4. The molecule has 2 aromatic heterocycles. The third-order valence-electron chi connectivity index (χ3n) is 5.28. The van der Waals surface area contributed by atoms with Gasteiger partial charge in [0.1, 0.15) is 16.9 Å². The molecule has 2 aliphatic rings. The van der Waals surface area contributed by atoms with Gasteiger partial charge in [0.25, 0.3) is 0 Å². The second-order valence-electron chi connectivity index (χ2n) is 7.37. The molecule has 8 heteroatoms. The summed E-state index contributed by atoms with van der Waals surface area (Å²) in [5.74, 6) is 1.86. The van der Waals surface area contributed by atoms with Crippen LogP contribution < -0.4 is 5.32 Å². The molecule has 1 N–H and O–H groups in total. The molecule has 0 bridgehead atoms. The lowest BCUT2D eigenvalue weighted by molar-refractivity contribution is -0.113. The Labute approximate surface area is 167 Å². The predicted octanol–water partition coefficient (Wildman–Crippen LogP) is 3.79. The molecular weight excluding hydrogens is 378 g/mol. The number of amides is 1. The summed E-state index contributed by atoms with van der Waals surface area (Å²) in [6.45, 7) is 3.17. The maximum atomic E-state index is 12.5. The number of fused-ring (bicyclic) bond motifs is 2. The van der Waals surface area contributed by atoms with Crippen molar-refractivity contribution in [3.8, 4) is 6.07 Å². The van der Waals surface area contributed by atoms with Gasteiger partial charge in [-0.15, -0.1) is 21.5 Å². The first-order valence-electron chi connectivity index (χ1n) is 9.55. The lowest BCUT2D eigenvalue weighted by atomic mass is 9.89. The van der Waals surface area contributed by atoms with Gasteiger partial charge in [-0.2, -0.15) is 5.26 Å². The summed E-state index contributed by atoms with van der Waals surface area (Å²) in [5, 5.41) is 22.6. The molecule has 142 valence electrons. The van der Waals surface area contributed by atoms with Gasteiger partial charge in [0, 0.05) is 17.8 Å². The van der Waals surface area contributed by atoms with Crippen LogP contribution in [0.1, 0.15) is 54.4 Å². The normalized spacial score (nSPS) is 18.9. The van der Waals surface area contributed by atoms with Crippen LogP contribution in [0, 0.1) is 17.2 Å². The molecule has 2 aromatic rings. The Balaban J connectivity index is 1.42. The number of aryl methyl sites for hydroxylation is 1. The molecule has 0 fully saturated rings. The molecular formula is C19H23N5OS2. The highest BCUT2D eigenvalue weighted by atomic mass is 32.2. The summed E-state index contributed by atoms with van der Waals surface area (Å²) >= 11 is 3.00. The van der Waals surface area contributed by atoms with Gasteiger partial charge in [-0.1, -0.05) is 25.1 Å². The number of aromatic nitrogens is 3. The van der Waals surface area contributed by atoms with Crippen molar-refractivity contribution < 1.29 is 4.79 Å². The fourth-order valence-corrected chi connectivity index (χ4v) is 5.98. The van der Waals surface area contributed by atoms with E-state index in [-0.39, 0.29) is 11.7 Å². The summed E-state index contributed by atoms with van der Waals surface area (Å²) < 4.78 is 2.15. The van der Waals surface area contributed by atoms with E-state index in [4.69, 9.17) is 0 Å². The second kappa shape index (κ2) is 8.03. The van der Waals surface area contributed by atoms with Crippen LogP contribution in [-0.4, -0.2) is 26.4 Å². The largest absolute Gasteiger partial charge is 0.316 e. The average molecular weight is 402 g/mol. The zero-order valence-corrected chi connectivity index (χ0v) is 17.1. The zero-order chi connectivity index (χ0) is 18.8. The highest BCUT2D eigenvalue weighted by molar-refractivity contribution is 7.99. The van der Waals surface area contributed by atoms with E-state index >= 15 is 0 Å². The molecule has 0 spiro atoms. The van der Waals surface area contributed by atoms with Crippen LogP contribution in [0.4, 0.5) is 5.00 Å². The lowest BCUT2D eigenvalue weighted by Gasteiger charge is -2.17. The molecule has 0 saturated heterocycles. The number of rotatable bonds is 4. The molecule has 0 unspecified atom stereocenters. The molecule has 0 radical (unpaired) electrons. The van der Waals surface area contributed by atoms with Crippen LogP contribution in [0.5, 0.6) is 0 Å². The van der Waals surface area contributed by atoms with Gasteiger partial charge < -0.3 is 9.88 Å².